The largest absolute Gasteiger partial charge is 0.494 e. The van der Waals surface area contributed by atoms with E-state index in [0.29, 0.717) is 29.2 Å². The summed E-state index contributed by atoms with van der Waals surface area (Å²) in [5.74, 6) is 1.23. The summed E-state index contributed by atoms with van der Waals surface area (Å²) in [6, 6.07) is 6.59. The van der Waals surface area contributed by atoms with Crippen molar-refractivity contribution in [2.45, 2.75) is 6.42 Å². The van der Waals surface area contributed by atoms with Gasteiger partial charge >= 0.3 is 0 Å². The molecule has 0 spiro atoms. The zero-order valence-corrected chi connectivity index (χ0v) is 9.37. The van der Waals surface area contributed by atoms with E-state index in [4.69, 9.17) is 20.8 Å². The second-order valence-electron chi connectivity index (χ2n) is 3.33. The lowest BCUT2D eigenvalue weighted by Gasteiger charge is -2.05. The van der Waals surface area contributed by atoms with E-state index < -0.39 is 0 Å². The van der Waals surface area contributed by atoms with Crippen LogP contribution in [0, 0.1) is 0 Å². The van der Waals surface area contributed by atoms with E-state index in [9.17, 15) is 4.79 Å². The molecule has 2 aromatic rings. The van der Waals surface area contributed by atoms with Gasteiger partial charge in [-0.25, -0.2) is 0 Å². The van der Waals surface area contributed by atoms with Gasteiger partial charge in [-0.2, -0.15) is 0 Å². The molecule has 0 aliphatic carbocycles. The van der Waals surface area contributed by atoms with Crippen LogP contribution in [-0.2, 0) is 0 Å². The van der Waals surface area contributed by atoms with Crippen molar-refractivity contribution in [3.8, 4) is 5.75 Å². The highest BCUT2D eigenvalue weighted by molar-refractivity contribution is 6.17. The molecule has 4 heteroatoms. The maximum Gasteiger partial charge on any atom is 0.192 e. The molecule has 0 fully saturated rings. The first kappa shape index (κ1) is 11.0. The summed E-state index contributed by atoms with van der Waals surface area (Å²) in [5.41, 5.74) is 0.501. The van der Waals surface area contributed by atoms with Crippen molar-refractivity contribution in [1.29, 1.82) is 0 Å². The first-order valence-corrected chi connectivity index (χ1v) is 5.55. The lowest BCUT2D eigenvalue weighted by Crippen LogP contribution is -2.01. The summed E-state index contributed by atoms with van der Waals surface area (Å²) in [4.78, 5) is 11.5. The Morgan fingerprint density at radius 2 is 2.19 bits per heavy atom. The zero-order chi connectivity index (χ0) is 11.4. The Kier molecular flexibility index (Phi) is 3.47. The third-order valence-corrected chi connectivity index (χ3v) is 2.44. The van der Waals surface area contributed by atoms with Gasteiger partial charge in [0.15, 0.2) is 5.43 Å². The number of halogens is 1. The van der Waals surface area contributed by atoms with Gasteiger partial charge in [-0.3, -0.25) is 4.79 Å². The molecule has 0 radical (unpaired) electrons. The molecular weight excluding hydrogens is 228 g/mol. The molecular formula is C12H11ClO3. The number of hydrogen-bond acceptors (Lipinski definition) is 3. The summed E-state index contributed by atoms with van der Waals surface area (Å²) in [6.07, 6.45) is 2.17. The van der Waals surface area contributed by atoms with Gasteiger partial charge < -0.3 is 9.15 Å². The lowest BCUT2D eigenvalue weighted by atomic mass is 10.2. The molecule has 1 aromatic carbocycles. The van der Waals surface area contributed by atoms with E-state index in [1.807, 2.05) is 0 Å². The average Bonchev–Trinajstić information content (AvgIpc) is 2.30. The minimum Gasteiger partial charge on any atom is -0.494 e. The van der Waals surface area contributed by atoms with Crippen LogP contribution >= 0.6 is 11.6 Å². The molecule has 16 heavy (non-hydrogen) atoms. The molecule has 84 valence electrons. The summed E-state index contributed by atoms with van der Waals surface area (Å²) in [7, 11) is 0. The maximum absolute atomic E-state index is 11.5. The summed E-state index contributed by atoms with van der Waals surface area (Å²) in [5, 5.41) is 0.533. The fourth-order valence-electron chi connectivity index (χ4n) is 1.40. The lowest BCUT2D eigenvalue weighted by molar-refractivity contribution is 0.318. The molecule has 0 aliphatic heterocycles. The predicted octanol–water partition coefficient (Wildman–Crippen LogP) is 2.80. The van der Waals surface area contributed by atoms with Crippen molar-refractivity contribution in [3.63, 3.8) is 0 Å². The van der Waals surface area contributed by atoms with E-state index in [1.165, 1.54) is 12.3 Å². The van der Waals surface area contributed by atoms with Gasteiger partial charge in [-0.15, -0.1) is 11.6 Å². The van der Waals surface area contributed by atoms with Crippen LogP contribution in [-0.4, -0.2) is 12.5 Å². The third-order valence-electron chi connectivity index (χ3n) is 2.18. The molecule has 0 saturated carbocycles. The van der Waals surface area contributed by atoms with Gasteiger partial charge in [0.25, 0.3) is 0 Å². The summed E-state index contributed by atoms with van der Waals surface area (Å²) < 4.78 is 10.6. The van der Waals surface area contributed by atoms with Crippen molar-refractivity contribution in [2.24, 2.45) is 0 Å². The Bertz CT molecular complexity index is 533. The van der Waals surface area contributed by atoms with Crippen molar-refractivity contribution < 1.29 is 9.15 Å². The number of alkyl halides is 1. The Morgan fingerprint density at radius 1 is 1.31 bits per heavy atom. The summed E-state index contributed by atoms with van der Waals surface area (Å²) in [6.45, 7) is 0.549. The van der Waals surface area contributed by atoms with E-state index >= 15 is 0 Å². The number of fused-ring (bicyclic) bond motifs is 1. The van der Waals surface area contributed by atoms with Crippen LogP contribution in [0.3, 0.4) is 0 Å². The van der Waals surface area contributed by atoms with Crippen LogP contribution < -0.4 is 10.2 Å². The maximum atomic E-state index is 11.5. The predicted molar refractivity (Wildman–Crippen MR) is 63.3 cm³/mol. The van der Waals surface area contributed by atoms with Crippen molar-refractivity contribution in [3.05, 3.63) is 40.8 Å². The van der Waals surface area contributed by atoms with E-state index in [0.717, 1.165) is 6.42 Å². The second kappa shape index (κ2) is 5.03. The minimum atomic E-state index is -0.0657. The van der Waals surface area contributed by atoms with Gasteiger partial charge in [0.2, 0.25) is 0 Å². The smallest absolute Gasteiger partial charge is 0.192 e. The van der Waals surface area contributed by atoms with Crippen molar-refractivity contribution in [1.82, 2.24) is 0 Å². The SMILES string of the molecule is O=c1ccoc2ccc(OCCCCl)cc12. The van der Waals surface area contributed by atoms with Crippen LogP contribution in [0.4, 0.5) is 0 Å². The Morgan fingerprint density at radius 3 is 3.00 bits per heavy atom. The van der Waals surface area contributed by atoms with Crippen LogP contribution in [0.1, 0.15) is 6.42 Å². The molecule has 0 N–H and O–H groups in total. The standard InChI is InChI=1S/C12H11ClO3/c13-5-1-6-15-9-2-3-12-10(8-9)11(14)4-7-16-12/h2-4,7-8H,1,5-6H2. The normalized spacial score (nSPS) is 10.6. The van der Waals surface area contributed by atoms with Crippen molar-refractivity contribution in [2.75, 3.05) is 12.5 Å². The highest BCUT2D eigenvalue weighted by Gasteiger charge is 2.02. The Hall–Kier alpha value is -1.48. The number of benzene rings is 1. The highest BCUT2D eigenvalue weighted by atomic mass is 35.5. The number of rotatable bonds is 4. The molecule has 0 saturated heterocycles. The first-order chi connectivity index (χ1) is 7.81. The molecule has 1 aromatic heterocycles. The Labute approximate surface area is 97.6 Å². The number of hydrogen-bond donors (Lipinski definition) is 0. The zero-order valence-electron chi connectivity index (χ0n) is 8.61. The molecule has 0 aliphatic rings. The molecule has 0 unspecified atom stereocenters. The molecule has 0 atom stereocenters. The Balaban J connectivity index is 2.29. The monoisotopic (exact) mass is 238 g/mol. The quantitative estimate of drug-likeness (QED) is 0.607. The second-order valence-corrected chi connectivity index (χ2v) is 3.71. The fraction of sp³-hybridized carbons (Fsp3) is 0.250. The van der Waals surface area contributed by atoms with Gasteiger partial charge in [0.1, 0.15) is 11.3 Å². The van der Waals surface area contributed by atoms with E-state index in [-0.39, 0.29) is 5.43 Å². The van der Waals surface area contributed by atoms with Crippen LogP contribution in [0.25, 0.3) is 11.0 Å². The minimum absolute atomic E-state index is 0.0657. The third kappa shape index (κ3) is 2.36. The highest BCUT2D eigenvalue weighted by Crippen LogP contribution is 2.18. The molecule has 0 bridgehead atoms. The summed E-state index contributed by atoms with van der Waals surface area (Å²) >= 11 is 5.54. The molecule has 3 nitrogen and oxygen atoms in total. The van der Waals surface area contributed by atoms with Gasteiger partial charge in [0.05, 0.1) is 18.3 Å². The van der Waals surface area contributed by atoms with Crippen LogP contribution in [0.5, 0.6) is 5.75 Å². The molecule has 1 heterocycles. The molecule has 2 rings (SSSR count). The van der Waals surface area contributed by atoms with Gasteiger partial charge in [0, 0.05) is 11.9 Å². The first-order valence-electron chi connectivity index (χ1n) is 5.01. The van der Waals surface area contributed by atoms with Crippen LogP contribution in [0.2, 0.25) is 0 Å². The van der Waals surface area contributed by atoms with Gasteiger partial charge in [-0.1, -0.05) is 0 Å². The van der Waals surface area contributed by atoms with Crippen molar-refractivity contribution >= 4 is 22.6 Å². The average molecular weight is 239 g/mol. The number of ether oxygens (including phenoxy) is 1. The molecule has 0 amide bonds. The fourth-order valence-corrected chi connectivity index (χ4v) is 1.51. The van der Waals surface area contributed by atoms with Crippen LogP contribution in [0.15, 0.2) is 39.7 Å². The van der Waals surface area contributed by atoms with E-state index in [1.54, 1.807) is 18.2 Å². The topological polar surface area (TPSA) is 39.4 Å². The van der Waals surface area contributed by atoms with E-state index in [2.05, 4.69) is 0 Å². The van der Waals surface area contributed by atoms with Gasteiger partial charge in [-0.05, 0) is 24.6 Å².